The number of H-pyrrole nitrogens is 1. The number of hydrogen-bond acceptors (Lipinski definition) is 7. The Morgan fingerprint density at radius 2 is 1.85 bits per heavy atom. The summed E-state index contributed by atoms with van der Waals surface area (Å²) in [5.74, 6) is 0.353. The van der Waals surface area contributed by atoms with Crippen molar-refractivity contribution in [1.29, 1.82) is 0 Å². The Morgan fingerprint density at radius 1 is 1.03 bits per heavy atom. The minimum absolute atomic E-state index is 0.0921. The number of rotatable bonds is 1. The number of nitrogens with zero attached hydrogens (tertiary/aromatic N) is 3. The molecule has 170 valence electrons. The summed E-state index contributed by atoms with van der Waals surface area (Å²) in [5, 5.41) is 10.7. The van der Waals surface area contributed by atoms with Crippen LogP contribution in [0.25, 0.3) is 21.9 Å². The van der Waals surface area contributed by atoms with Crippen molar-refractivity contribution in [3.8, 4) is 11.8 Å². The van der Waals surface area contributed by atoms with E-state index in [1.54, 1.807) is 13.1 Å². The van der Waals surface area contributed by atoms with E-state index >= 15 is 0 Å². The van der Waals surface area contributed by atoms with Gasteiger partial charge in [0.25, 0.3) is 5.91 Å². The van der Waals surface area contributed by atoms with Crippen LogP contribution in [-0.2, 0) is 0 Å². The number of aromatic nitrogens is 4. The van der Waals surface area contributed by atoms with Crippen molar-refractivity contribution < 1.29 is 13.9 Å². The standard InChI is InChI=1S/C23H24FN7O2/c1-25-17-10-14(24)9-16-18-20-27-6-4-2-3-5-7-28-22(32)13-8-15(12-26-11-13)33-23(30-20)31-21(18)29-19(16)17/h8-12,25H,2-7H2,1H3,(H,28,32)(H2,27,29,30,31). The number of fused-ring (bicyclic) bond motifs is 8. The van der Waals surface area contributed by atoms with Crippen LogP contribution in [0.3, 0.4) is 0 Å². The number of nitrogens with one attached hydrogen (secondary N) is 4. The lowest BCUT2D eigenvalue weighted by atomic mass is 10.1. The Balaban J connectivity index is 1.63. The SMILES string of the molecule is CNc1cc(F)cc2c1[nH]c1nc3nc(c12)NCCCCCCNC(=O)c1cncc(c1)O3. The molecule has 4 heterocycles. The van der Waals surface area contributed by atoms with Crippen molar-refractivity contribution >= 4 is 39.3 Å². The first kappa shape index (κ1) is 20.9. The fourth-order valence-corrected chi connectivity index (χ4v) is 4.03. The molecule has 33 heavy (non-hydrogen) atoms. The third-order valence-electron chi connectivity index (χ3n) is 5.64. The van der Waals surface area contributed by atoms with Gasteiger partial charge in [0.2, 0.25) is 0 Å². The second-order valence-corrected chi connectivity index (χ2v) is 7.94. The highest BCUT2D eigenvalue weighted by atomic mass is 19.1. The summed E-state index contributed by atoms with van der Waals surface area (Å²) < 4.78 is 20.2. The highest BCUT2D eigenvalue weighted by molar-refractivity contribution is 6.14. The molecule has 0 spiro atoms. The number of halogens is 1. The maximum atomic E-state index is 14.3. The summed E-state index contributed by atoms with van der Waals surface area (Å²) >= 11 is 0. The zero-order chi connectivity index (χ0) is 22.8. The fourth-order valence-electron chi connectivity index (χ4n) is 4.03. The zero-order valence-corrected chi connectivity index (χ0v) is 18.2. The molecule has 1 amide bonds. The monoisotopic (exact) mass is 449 g/mol. The molecule has 0 aliphatic carbocycles. The summed E-state index contributed by atoms with van der Waals surface area (Å²) in [4.78, 5) is 28.9. The Hall–Kier alpha value is -3.95. The van der Waals surface area contributed by atoms with Crippen LogP contribution >= 0.6 is 0 Å². The molecule has 4 aromatic rings. The largest absolute Gasteiger partial charge is 0.423 e. The van der Waals surface area contributed by atoms with Crippen molar-refractivity contribution in [3.63, 3.8) is 0 Å². The molecule has 3 aromatic heterocycles. The predicted molar refractivity (Wildman–Crippen MR) is 125 cm³/mol. The number of anilines is 2. The molecule has 1 aliphatic heterocycles. The molecule has 0 radical (unpaired) electrons. The third-order valence-corrected chi connectivity index (χ3v) is 5.64. The Labute approximate surface area is 189 Å². The first-order valence-electron chi connectivity index (χ1n) is 11.0. The van der Waals surface area contributed by atoms with Crippen molar-refractivity contribution in [2.75, 3.05) is 30.8 Å². The van der Waals surface area contributed by atoms with Gasteiger partial charge in [-0.1, -0.05) is 12.8 Å². The summed E-state index contributed by atoms with van der Waals surface area (Å²) in [6, 6.07) is 4.60. The van der Waals surface area contributed by atoms with E-state index in [9.17, 15) is 9.18 Å². The number of ether oxygens (including phenoxy) is 1. The first-order chi connectivity index (χ1) is 16.1. The molecule has 1 aromatic carbocycles. The summed E-state index contributed by atoms with van der Waals surface area (Å²) in [6.07, 6.45) is 6.82. The smallest absolute Gasteiger partial charge is 0.326 e. The molecule has 0 saturated heterocycles. The average Bonchev–Trinajstić information content (AvgIpc) is 3.18. The van der Waals surface area contributed by atoms with Crippen LogP contribution in [0.4, 0.5) is 15.9 Å². The quantitative estimate of drug-likeness (QED) is 0.344. The van der Waals surface area contributed by atoms with Gasteiger partial charge < -0.3 is 25.7 Å². The van der Waals surface area contributed by atoms with Crippen LogP contribution in [0.1, 0.15) is 36.0 Å². The zero-order valence-electron chi connectivity index (χ0n) is 18.2. The Bertz CT molecular complexity index is 1340. The van der Waals surface area contributed by atoms with Crippen LogP contribution in [-0.4, -0.2) is 46.0 Å². The molecule has 0 unspecified atom stereocenters. The van der Waals surface area contributed by atoms with Gasteiger partial charge in [0.05, 0.1) is 28.4 Å². The van der Waals surface area contributed by atoms with Crippen molar-refractivity contribution in [1.82, 2.24) is 25.3 Å². The number of benzene rings is 1. The normalized spacial score (nSPS) is 15.0. The number of carbonyl (C=O) groups excluding carboxylic acids is 1. The molecule has 0 fully saturated rings. The molecule has 4 bridgehead atoms. The molecule has 4 N–H and O–H groups in total. The van der Waals surface area contributed by atoms with E-state index < -0.39 is 0 Å². The summed E-state index contributed by atoms with van der Waals surface area (Å²) in [7, 11) is 1.74. The topological polar surface area (TPSA) is 117 Å². The number of carbonyl (C=O) groups is 1. The van der Waals surface area contributed by atoms with E-state index in [4.69, 9.17) is 4.74 Å². The molecule has 9 nitrogen and oxygen atoms in total. The van der Waals surface area contributed by atoms with Gasteiger partial charge in [-0.2, -0.15) is 9.97 Å². The van der Waals surface area contributed by atoms with Gasteiger partial charge in [0.15, 0.2) is 0 Å². The van der Waals surface area contributed by atoms with Crippen LogP contribution in [0.5, 0.6) is 11.8 Å². The number of amides is 1. The van der Waals surface area contributed by atoms with Gasteiger partial charge in [-0.05, 0) is 31.0 Å². The number of pyridine rings is 1. The molecule has 0 atom stereocenters. The Kier molecular flexibility index (Phi) is 5.64. The van der Waals surface area contributed by atoms with Gasteiger partial charge in [-0.25, -0.2) is 4.39 Å². The van der Waals surface area contributed by atoms with Crippen LogP contribution < -0.4 is 20.7 Å². The second-order valence-electron chi connectivity index (χ2n) is 7.94. The highest BCUT2D eigenvalue weighted by Gasteiger charge is 2.18. The molecule has 1 aliphatic rings. The molecule has 0 saturated carbocycles. The van der Waals surface area contributed by atoms with E-state index in [2.05, 4.69) is 35.9 Å². The van der Waals surface area contributed by atoms with Crippen LogP contribution in [0, 0.1) is 5.82 Å². The minimum atomic E-state index is -0.352. The van der Waals surface area contributed by atoms with Crippen molar-refractivity contribution in [2.24, 2.45) is 0 Å². The Morgan fingerprint density at radius 3 is 2.67 bits per heavy atom. The van der Waals surface area contributed by atoms with E-state index in [0.29, 0.717) is 52.3 Å². The molecule has 10 heteroatoms. The second kappa shape index (κ2) is 8.89. The van der Waals surface area contributed by atoms with Crippen LogP contribution in [0.2, 0.25) is 0 Å². The number of aromatic amines is 1. The predicted octanol–water partition coefficient (Wildman–Crippen LogP) is 4.19. The van der Waals surface area contributed by atoms with E-state index in [0.717, 1.165) is 31.2 Å². The van der Waals surface area contributed by atoms with E-state index in [1.165, 1.54) is 24.5 Å². The third kappa shape index (κ3) is 4.23. The van der Waals surface area contributed by atoms with Crippen molar-refractivity contribution in [2.45, 2.75) is 25.7 Å². The molecular weight excluding hydrogens is 425 g/mol. The van der Waals surface area contributed by atoms with Crippen molar-refractivity contribution in [3.05, 3.63) is 42.0 Å². The van der Waals surface area contributed by atoms with Crippen LogP contribution in [0.15, 0.2) is 30.6 Å². The van der Waals surface area contributed by atoms with Gasteiger partial charge >= 0.3 is 6.01 Å². The van der Waals surface area contributed by atoms with Gasteiger partial charge in [-0.15, -0.1) is 0 Å². The lowest BCUT2D eigenvalue weighted by Crippen LogP contribution is -2.24. The minimum Gasteiger partial charge on any atom is -0.423 e. The maximum Gasteiger partial charge on any atom is 0.326 e. The lowest BCUT2D eigenvalue weighted by molar-refractivity contribution is 0.0952. The van der Waals surface area contributed by atoms with Gasteiger partial charge in [0.1, 0.15) is 23.0 Å². The lowest BCUT2D eigenvalue weighted by Gasteiger charge is -2.11. The number of hydrogen-bond donors (Lipinski definition) is 4. The molecular formula is C23H24FN7O2. The highest BCUT2D eigenvalue weighted by Crippen LogP contribution is 2.35. The fraction of sp³-hybridized carbons (Fsp3) is 0.304. The van der Waals surface area contributed by atoms with E-state index in [1.807, 2.05) is 0 Å². The summed E-state index contributed by atoms with van der Waals surface area (Å²) in [5.41, 5.74) is 2.27. The first-order valence-corrected chi connectivity index (χ1v) is 11.0. The average molecular weight is 449 g/mol. The maximum absolute atomic E-state index is 14.3. The van der Waals surface area contributed by atoms with E-state index in [-0.39, 0.29) is 17.7 Å². The van der Waals surface area contributed by atoms with Gasteiger partial charge in [-0.3, -0.25) is 9.78 Å². The summed E-state index contributed by atoms with van der Waals surface area (Å²) in [6.45, 7) is 1.30. The van der Waals surface area contributed by atoms with Gasteiger partial charge in [0, 0.05) is 31.7 Å². The molecule has 5 rings (SSSR count).